The van der Waals surface area contributed by atoms with Crippen LogP contribution in [0.1, 0.15) is 17.3 Å². The van der Waals surface area contributed by atoms with Crippen LogP contribution in [-0.4, -0.2) is 16.7 Å². The van der Waals surface area contributed by atoms with Crippen molar-refractivity contribution >= 4 is 22.4 Å². The van der Waals surface area contributed by atoms with Crippen molar-refractivity contribution < 1.29 is 9.90 Å². The van der Waals surface area contributed by atoms with E-state index in [4.69, 9.17) is 0 Å². The molecular weight excluding hydrogens is 276 g/mol. The highest BCUT2D eigenvalue weighted by atomic mass is 16.3. The Bertz CT molecular complexity index is 885. The molecule has 0 spiro atoms. The first-order chi connectivity index (χ1) is 10.6. The van der Waals surface area contributed by atoms with Gasteiger partial charge in [-0.1, -0.05) is 30.3 Å². The summed E-state index contributed by atoms with van der Waals surface area (Å²) in [5, 5.41) is 15.8. The summed E-state index contributed by atoms with van der Waals surface area (Å²) in [5.74, 6) is -0.516. The minimum absolute atomic E-state index is 0.0658. The molecule has 0 aliphatic heterocycles. The molecule has 1 aliphatic rings. The van der Waals surface area contributed by atoms with Crippen LogP contribution in [0.25, 0.3) is 10.8 Å². The first-order valence-corrected chi connectivity index (χ1v) is 6.85. The molecule has 4 heteroatoms. The predicted molar refractivity (Wildman–Crippen MR) is 86.9 cm³/mol. The molecule has 0 saturated carbocycles. The minimum atomic E-state index is -0.450. The standard InChI is InChI=1S/C18H14N2O2/c1-12(13-6-2-3-7-13)19-20-18(22)16-10-14-8-4-5-9-15(14)11-17(16)21/h2-6,8-11,21H,1H3,(H,20,22)/b19-12+. The molecule has 4 nitrogen and oxygen atoms in total. The number of benzene rings is 2. The average Bonchev–Trinajstić information content (AvgIpc) is 3.06. The van der Waals surface area contributed by atoms with Gasteiger partial charge in [0.25, 0.3) is 5.91 Å². The Morgan fingerprint density at radius 3 is 2.64 bits per heavy atom. The van der Waals surface area contributed by atoms with Crippen molar-refractivity contribution in [1.82, 2.24) is 5.43 Å². The molecule has 0 bridgehead atoms. The van der Waals surface area contributed by atoms with Gasteiger partial charge in [-0.3, -0.25) is 4.79 Å². The van der Waals surface area contributed by atoms with Crippen LogP contribution in [0.4, 0.5) is 0 Å². The molecule has 1 amide bonds. The zero-order chi connectivity index (χ0) is 15.5. The number of carbonyl (C=O) groups excluding carboxylic acids is 1. The molecule has 108 valence electrons. The van der Waals surface area contributed by atoms with E-state index in [2.05, 4.69) is 16.3 Å². The number of rotatable bonds is 3. The quantitative estimate of drug-likeness (QED) is 0.517. The van der Waals surface area contributed by atoms with Crippen molar-refractivity contribution in [2.24, 2.45) is 5.10 Å². The zero-order valence-electron chi connectivity index (χ0n) is 12.0. The minimum Gasteiger partial charge on any atom is -0.507 e. The van der Waals surface area contributed by atoms with Gasteiger partial charge >= 0.3 is 0 Å². The Kier molecular flexibility index (Phi) is 3.60. The van der Waals surface area contributed by atoms with Crippen LogP contribution in [0, 0.1) is 0 Å². The Balaban J connectivity index is 1.86. The topological polar surface area (TPSA) is 61.7 Å². The molecule has 1 aliphatic carbocycles. The highest BCUT2D eigenvalue weighted by Crippen LogP contribution is 2.24. The van der Waals surface area contributed by atoms with Gasteiger partial charge in [-0.15, -0.1) is 5.73 Å². The summed E-state index contributed by atoms with van der Waals surface area (Å²) in [5.41, 5.74) is 7.14. The number of phenols is 1. The molecule has 0 fully saturated rings. The van der Waals surface area contributed by atoms with Gasteiger partial charge in [0.15, 0.2) is 0 Å². The summed E-state index contributed by atoms with van der Waals surface area (Å²) in [7, 11) is 0. The average molecular weight is 290 g/mol. The molecule has 2 N–H and O–H groups in total. The number of carbonyl (C=O) groups is 1. The molecule has 0 heterocycles. The SMILES string of the molecule is C/C(=N\NC(=O)c1cc2ccccc2cc1O)C1=C=CC=C1. The number of amides is 1. The van der Waals surface area contributed by atoms with Crippen LogP contribution in [0.3, 0.4) is 0 Å². The number of nitrogens with one attached hydrogen (secondary N) is 1. The molecule has 0 unspecified atom stereocenters. The number of hydrazone groups is 1. The second-order valence-electron chi connectivity index (χ2n) is 4.94. The number of phenolic OH excluding ortho intramolecular Hbond substituents is 1. The van der Waals surface area contributed by atoms with Crippen molar-refractivity contribution in [3.63, 3.8) is 0 Å². The summed E-state index contributed by atoms with van der Waals surface area (Å²) in [6, 6.07) is 10.8. The van der Waals surface area contributed by atoms with E-state index in [1.54, 1.807) is 25.1 Å². The third kappa shape index (κ3) is 2.68. The fourth-order valence-corrected chi connectivity index (χ4v) is 2.22. The van der Waals surface area contributed by atoms with Gasteiger partial charge in [-0.05, 0) is 42.0 Å². The van der Waals surface area contributed by atoms with Crippen LogP contribution >= 0.6 is 0 Å². The lowest BCUT2D eigenvalue weighted by Gasteiger charge is -2.06. The smallest absolute Gasteiger partial charge is 0.275 e. The van der Waals surface area contributed by atoms with Gasteiger partial charge in [0.1, 0.15) is 5.75 Å². The normalized spacial score (nSPS) is 13.5. The van der Waals surface area contributed by atoms with Crippen LogP contribution in [0.2, 0.25) is 0 Å². The monoisotopic (exact) mass is 290 g/mol. The van der Waals surface area contributed by atoms with Crippen molar-refractivity contribution in [2.45, 2.75) is 6.92 Å². The molecule has 22 heavy (non-hydrogen) atoms. The Morgan fingerprint density at radius 1 is 1.23 bits per heavy atom. The maximum Gasteiger partial charge on any atom is 0.275 e. The van der Waals surface area contributed by atoms with E-state index in [9.17, 15) is 9.90 Å². The van der Waals surface area contributed by atoms with Crippen molar-refractivity contribution in [3.8, 4) is 5.75 Å². The third-order valence-corrected chi connectivity index (χ3v) is 3.42. The maximum absolute atomic E-state index is 12.2. The number of allylic oxidation sites excluding steroid dienone is 3. The van der Waals surface area contributed by atoms with E-state index in [-0.39, 0.29) is 11.3 Å². The number of hydrogen-bond acceptors (Lipinski definition) is 3. The number of fused-ring (bicyclic) bond motifs is 1. The molecule has 0 saturated heterocycles. The van der Waals surface area contributed by atoms with Gasteiger partial charge in [-0.2, -0.15) is 5.10 Å². The summed E-state index contributed by atoms with van der Waals surface area (Å²) < 4.78 is 0. The molecule has 2 aromatic carbocycles. The van der Waals surface area contributed by atoms with E-state index in [0.717, 1.165) is 16.3 Å². The van der Waals surface area contributed by atoms with Crippen LogP contribution in [0.15, 0.2) is 71.0 Å². The largest absolute Gasteiger partial charge is 0.507 e. The second-order valence-corrected chi connectivity index (χ2v) is 4.94. The van der Waals surface area contributed by atoms with Crippen LogP contribution < -0.4 is 5.43 Å². The van der Waals surface area contributed by atoms with Gasteiger partial charge in [0.2, 0.25) is 0 Å². The van der Waals surface area contributed by atoms with E-state index in [1.807, 2.05) is 36.4 Å². The Morgan fingerprint density at radius 2 is 1.95 bits per heavy atom. The zero-order valence-corrected chi connectivity index (χ0v) is 12.0. The maximum atomic E-state index is 12.2. The molecule has 0 radical (unpaired) electrons. The fraction of sp³-hybridized carbons (Fsp3) is 0.0556. The molecule has 3 rings (SSSR count). The van der Waals surface area contributed by atoms with Gasteiger partial charge < -0.3 is 5.11 Å². The van der Waals surface area contributed by atoms with E-state index in [0.29, 0.717) is 5.71 Å². The lowest BCUT2D eigenvalue weighted by Crippen LogP contribution is -2.19. The number of nitrogens with zero attached hydrogens (tertiary/aromatic N) is 1. The van der Waals surface area contributed by atoms with Gasteiger partial charge in [0.05, 0.1) is 11.3 Å². The molecule has 2 aromatic rings. The van der Waals surface area contributed by atoms with E-state index in [1.165, 1.54) is 0 Å². The number of aromatic hydroxyl groups is 1. The van der Waals surface area contributed by atoms with E-state index >= 15 is 0 Å². The van der Waals surface area contributed by atoms with E-state index < -0.39 is 5.91 Å². The molecule has 0 aromatic heterocycles. The molecular formula is C18H14N2O2. The fourth-order valence-electron chi connectivity index (χ4n) is 2.22. The first-order valence-electron chi connectivity index (χ1n) is 6.85. The second kappa shape index (κ2) is 5.72. The molecule has 0 atom stereocenters. The summed E-state index contributed by atoms with van der Waals surface area (Å²) in [6.07, 6.45) is 5.50. The summed E-state index contributed by atoms with van der Waals surface area (Å²) in [4.78, 5) is 12.2. The van der Waals surface area contributed by atoms with Gasteiger partial charge in [-0.25, -0.2) is 5.43 Å². The number of hydrogen-bond donors (Lipinski definition) is 2. The Hall–Kier alpha value is -3.10. The summed E-state index contributed by atoms with van der Waals surface area (Å²) in [6.45, 7) is 1.78. The van der Waals surface area contributed by atoms with Crippen molar-refractivity contribution in [3.05, 3.63) is 71.5 Å². The highest BCUT2D eigenvalue weighted by Gasteiger charge is 2.12. The van der Waals surface area contributed by atoms with Crippen LogP contribution in [-0.2, 0) is 0 Å². The van der Waals surface area contributed by atoms with Crippen LogP contribution in [0.5, 0.6) is 5.75 Å². The van der Waals surface area contributed by atoms with Crippen molar-refractivity contribution in [1.29, 1.82) is 0 Å². The highest BCUT2D eigenvalue weighted by molar-refractivity contribution is 6.04. The lowest BCUT2D eigenvalue weighted by atomic mass is 10.1. The van der Waals surface area contributed by atoms with Gasteiger partial charge in [0, 0.05) is 5.57 Å². The lowest BCUT2D eigenvalue weighted by molar-refractivity contribution is 0.0952. The van der Waals surface area contributed by atoms with Crippen molar-refractivity contribution in [2.75, 3.05) is 0 Å². The predicted octanol–water partition coefficient (Wildman–Crippen LogP) is 3.30. The first kappa shape index (κ1) is 13.9. The summed E-state index contributed by atoms with van der Waals surface area (Å²) >= 11 is 0. The Labute approximate surface area is 127 Å². The third-order valence-electron chi connectivity index (χ3n) is 3.42.